The fourth-order valence-corrected chi connectivity index (χ4v) is 7.48. The molecule has 1 N–H and O–H groups in total. The number of halogens is 3. The van der Waals surface area contributed by atoms with Gasteiger partial charge in [-0.2, -0.15) is 8.42 Å². The van der Waals surface area contributed by atoms with Crippen LogP contribution in [-0.2, 0) is 28.1 Å². The second-order valence-corrected chi connectivity index (χ2v) is 15.3. The molecule has 0 spiro atoms. The van der Waals surface area contributed by atoms with Gasteiger partial charge >= 0.3 is 11.6 Å². The van der Waals surface area contributed by atoms with Crippen molar-refractivity contribution in [3.05, 3.63) is 95.6 Å². The average molecular weight is 777 g/mol. The summed E-state index contributed by atoms with van der Waals surface area (Å²) < 4.78 is 95.6. The molecule has 0 unspecified atom stereocenters. The van der Waals surface area contributed by atoms with E-state index >= 15 is 8.78 Å². The number of hydrogen-bond donors (Lipinski definition) is 1. The van der Waals surface area contributed by atoms with Crippen molar-refractivity contribution in [1.29, 1.82) is 0 Å². The Bertz CT molecular complexity index is 2810. The van der Waals surface area contributed by atoms with Crippen LogP contribution in [0.15, 0.2) is 71.1 Å². The number of anilines is 1. The molecule has 0 saturated carbocycles. The zero-order valence-corrected chi connectivity index (χ0v) is 30.8. The Balaban J connectivity index is 0.00000145. The molecule has 7 aromatic rings. The summed E-state index contributed by atoms with van der Waals surface area (Å²) in [7, 11) is -1.06. The number of likely N-dealkylation sites (tertiary alicyclic amines) is 1. The van der Waals surface area contributed by atoms with Gasteiger partial charge in [0.1, 0.15) is 34.4 Å². The molecular weight excluding hydrogens is 746 g/mol. The van der Waals surface area contributed by atoms with Crippen molar-refractivity contribution in [1.82, 2.24) is 24.6 Å². The largest absolute Gasteiger partial charge is 0.455 e. The van der Waals surface area contributed by atoms with Crippen LogP contribution in [0.4, 0.5) is 18.9 Å². The second kappa shape index (κ2) is 14.0. The van der Waals surface area contributed by atoms with Gasteiger partial charge in [0.15, 0.2) is 5.76 Å². The zero-order chi connectivity index (χ0) is 38.6. The monoisotopic (exact) mass is 776 g/mol. The molecule has 0 atom stereocenters. The maximum atomic E-state index is 15.2. The Kier molecular flexibility index (Phi) is 9.49. The van der Waals surface area contributed by atoms with Crippen LogP contribution in [-0.4, -0.2) is 75.5 Å². The molecule has 54 heavy (non-hydrogen) atoms. The normalized spacial score (nSPS) is 13.6. The zero-order valence-electron chi connectivity index (χ0n) is 29.2. The van der Waals surface area contributed by atoms with Gasteiger partial charge in [-0.3, -0.25) is 18.4 Å². The van der Waals surface area contributed by atoms with E-state index in [1.165, 1.54) is 32.3 Å². The first-order valence-electron chi connectivity index (χ1n) is 16.5. The summed E-state index contributed by atoms with van der Waals surface area (Å²) in [5.41, 5.74) is 2.97. The number of nitrogens with one attached hydrogen (secondary N) is 1. The van der Waals surface area contributed by atoms with Crippen molar-refractivity contribution in [3.63, 3.8) is 0 Å². The third-order valence-electron chi connectivity index (χ3n) is 9.47. The first kappa shape index (κ1) is 36.7. The van der Waals surface area contributed by atoms with Crippen LogP contribution in [0.2, 0.25) is 0 Å². The summed E-state index contributed by atoms with van der Waals surface area (Å²) in [6.07, 6.45) is 1.04. The van der Waals surface area contributed by atoms with E-state index in [1.807, 2.05) is 10.5 Å². The molecule has 4 aromatic heterocycles. The molecule has 1 aliphatic heterocycles. The van der Waals surface area contributed by atoms with Crippen molar-refractivity contribution in [2.75, 3.05) is 37.7 Å². The van der Waals surface area contributed by atoms with Crippen molar-refractivity contribution < 1.29 is 39.2 Å². The van der Waals surface area contributed by atoms with E-state index in [9.17, 15) is 17.6 Å². The lowest BCUT2D eigenvalue weighted by molar-refractivity contribution is 0.0964. The number of carbonyl (C=O) groups is 1. The van der Waals surface area contributed by atoms with Crippen LogP contribution in [0, 0.1) is 23.4 Å². The Morgan fingerprint density at radius 3 is 2.37 bits per heavy atom. The molecule has 17 heteroatoms. The maximum absolute atomic E-state index is 15.2. The predicted octanol–water partition coefficient (Wildman–Crippen LogP) is 6.07. The van der Waals surface area contributed by atoms with Crippen LogP contribution in [0.1, 0.15) is 23.1 Å². The minimum absolute atomic E-state index is 0.0315. The topological polar surface area (TPSA) is 147 Å². The summed E-state index contributed by atoms with van der Waals surface area (Å²) in [5, 5.41) is 3.20. The van der Waals surface area contributed by atoms with E-state index in [4.69, 9.17) is 22.8 Å². The van der Waals surface area contributed by atoms with Gasteiger partial charge in [0.2, 0.25) is 10.0 Å². The van der Waals surface area contributed by atoms with E-state index in [0.29, 0.717) is 57.2 Å². The van der Waals surface area contributed by atoms with Crippen LogP contribution in [0.25, 0.3) is 61.0 Å². The molecule has 8 rings (SSSR count). The van der Waals surface area contributed by atoms with Crippen molar-refractivity contribution in [3.8, 4) is 22.6 Å². The first-order valence-corrected chi connectivity index (χ1v) is 19.0. The van der Waals surface area contributed by atoms with E-state index < -0.39 is 39.1 Å². The molecule has 0 aliphatic carbocycles. The Labute approximate surface area is 309 Å². The minimum atomic E-state index is -3.84. The van der Waals surface area contributed by atoms with Gasteiger partial charge in [-0.05, 0) is 54.4 Å². The van der Waals surface area contributed by atoms with Crippen LogP contribution in [0.5, 0.6) is 0 Å². The highest BCUT2D eigenvalue weighted by Gasteiger charge is 2.29. The predicted molar refractivity (Wildman–Crippen MR) is 199 cm³/mol. The Morgan fingerprint density at radius 1 is 0.963 bits per heavy atom. The number of hydrogen-bond acceptors (Lipinski definition) is 9. The summed E-state index contributed by atoms with van der Waals surface area (Å²) in [6.45, 7) is 4.58. The van der Waals surface area contributed by atoms with Gasteiger partial charge < -0.3 is 9.73 Å². The number of aromatic nitrogens is 3. The molecule has 0 bridgehead atoms. The van der Waals surface area contributed by atoms with E-state index in [0.717, 1.165) is 35.5 Å². The van der Waals surface area contributed by atoms with Crippen LogP contribution >= 0.6 is 0 Å². The lowest BCUT2D eigenvalue weighted by Crippen LogP contribution is -2.44. The van der Waals surface area contributed by atoms with Gasteiger partial charge in [0.25, 0.3) is 5.91 Å². The number of amides is 1. The fourth-order valence-electron chi connectivity index (χ4n) is 6.97. The van der Waals surface area contributed by atoms with E-state index in [1.54, 1.807) is 30.3 Å². The first-order chi connectivity index (χ1) is 25.7. The minimum Gasteiger partial charge on any atom is -0.455 e. The lowest BCUT2D eigenvalue weighted by Gasteiger charge is -2.36. The summed E-state index contributed by atoms with van der Waals surface area (Å²) in [5.74, 6) is -1.60. The van der Waals surface area contributed by atoms with Crippen molar-refractivity contribution >= 4 is 71.6 Å². The van der Waals surface area contributed by atoms with E-state index in [2.05, 4.69) is 17.1 Å². The number of carbonyl (C=O) groups excluding carboxylic acids is 1. The van der Waals surface area contributed by atoms with E-state index in [-0.39, 0.29) is 39.4 Å². The Morgan fingerprint density at radius 2 is 1.70 bits per heavy atom. The summed E-state index contributed by atoms with van der Waals surface area (Å²) >= 11 is -0.750. The van der Waals surface area contributed by atoms with Gasteiger partial charge in [-0.15, -0.1) is 0 Å². The van der Waals surface area contributed by atoms with Gasteiger partial charge in [0.05, 0.1) is 51.9 Å². The van der Waals surface area contributed by atoms with Crippen LogP contribution in [0.3, 0.4) is 0 Å². The van der Waals surface area contributed by atoms with Crippen LogP contribution < -0.4 is 9.62 Å². The highest BCUT2D eigenvalue weighted by atomic mass is 32.2. The fraction of sp³-hybridized carbons (Fsp3) is 0.216. The molecule has 12 nitrogen and oxygen atoms in total. The molecule has 0 radical (unpaired) electrons. The molecule has 1 amide bonds. The quantitative estimate of drug-likeness (QED) is 0.204. The molecule has 3 aromatic carbocycles. The number of rotatable bonds is 7. The van der Waals surface area contributed by atoms with Crippen molar-refractivity contribution in [2.45, 2.75) is 13.5 Å². The Hall–Kier alpha value is -5.65. The highest BCUT2D eigenvalue weighted by molar-refractivity contribution is 7.92. The average Bonchev–Trinajstić information content (AvgIpc) is 3.69. The molecule has 1 aliphatic rings. The summed E-state index contributed by atoms with van der Waals surface area (Å²) in [4.78, 5) is 25.6. The third kappa shape index (κ3) is 6.37. The molecule has 1 fully saturated rings. The molecule has 278 valence electrons. The number of furan rings is 1. The molecule has 1 saturated heterocycles. The molecular formula is C37H31F3N6O6S2. The van der Waals surface area contributed by atoms with Gasteiger partial charge in [-0.25, -0.2) is 31.6 Å². The number of fused-ring (bicyclic) bond motifs is 6. The molecule has 5 heterocycles. The SMILES string of the molecule is CNC(=O)c1c(-c2ccc(F)cc2F)oc2cc(N(C)S(C)(=O)=O)c(-c3ccc4nc(CN5CC(C)C5)n5c6cccc(F)c6cc5c4n3)cc12.O=S=O. The van der Waals surface area contributed by atoms with Crippen molar-refractivity contribution in [2.24, 2.45) is 5.92 Å². The standard InChI is InChI=1S/C37H31F3N6O4S.O2S/c1-19-16-45(17-19)18-33-42-28-11-10-27(43-35(28)31-14-22-25(39)6-5-7-29(22)46(31)33)23-13-24-32(15-30(23)44(3)51(4,48)49)50-36(34(24)37(47)41-2)21-9-8-20(38)12-26(21)40;1-3-2/h5-15,19H,16-18H2,1-4H3,(H,41,47);. The van der Waals surface area contributed by atoms with Gasteiger partial charge in [0, 0.05) is 55.7 Å². The van der Waals surface area contributed by atoms with Gasteiger partial charge in [-0.1, -0.05) is 13.0 Å². The second-order valence-electron chi connectivity index (χ2n) is 13.1. The number of sulfonamides is 1. The lowest BCUT2D eigenvalue weighted by atomic mass is 10.0. The summed E-state index contributed by atoms with van der Waals surface area (Å²) in [6, 6.07) is 16.0. The highest BCUT2D eigenvalue weighted by Crippen LogP contribution is 2.42. The smallest absolute Gasteiger partial charge is 0.335 e. The number of pyridine rings is 1. The maximum Gasteiger partial charge on any atom is 0.335 e. The number of nitrogens with zero attached hydrogens (tertiary/aromatic N) is 5. The third-order valence-corrected chi connectivity index (χ3v) is 10.7. The number of benzene rings is 3.